The van der Waals surface area contributed by atoms with Gasteiger partial charge in [-0.1, -0.05) is 48.0 Å². The lowest BCUT2D eigenvalue weighted by atomic mass is 9.95. The molecule has 1 N–H and O–H groups in total. The highest BCUT2D eigenvalue weighted by Crippen LogP contribution is 2.43. The number of hydrogen-bond acceptors (Lipinski definition) is 1. The molecule has 0 saturated carbocycles. The number of rotatable bonds is 1. The molecule has 0 fully saturated rings. The maximum Gasteiger partial charge on any atom is 0.127 e. The van der Waals surface area contributed by atoms with Gasteiger partial charge in [0, 0.05) is 26.0 Å². The van der Waals surface area contributed by atoms with E-state index in [-0.39, 0.29) is 0 Å². The van der Waals surface area contributed by atoms with E-state index in [4.69, 9.17) is 11.6 Å². The summed E-state index contributed by atoms with van der Waals surface area (Å²) in [5.41, 5.74) is 2.99. The summed E-state index contributed by atoms with van der Waals surface area (Å²) >= 11 is 9.58. The second kappa shape index (κ2) is 5.12. The number of hydrogen-bond donors (Lipinski definition) is 1. The Bertz CT molecular complexity index is 794. The molecule has 0 aliphatic carbocycles. The van der Waals surface area contributed by atoms with E-state index in [0.29, 0.717) is 10.8 Å². The highest BCUT2D eigenvalue weighted by atomic mass is 79.9. The lowest BCUT2D eigenvalue weighted by molar-refractivity contribution is 0.477. The number of halogens is 2. The van der Waals surface area contributed by atoms with Gasteiger partial charge in [-0.3, -0.25) is 0 Å². The second-order valence-corrected chi connectivity index (χ2v) is 5.94. The SMILES string of the molecule is Cc1c(Br)c(-c2ccc(Cl)cc2)c2ccccc2c1O. The zero-order valence-corrected chi connectivity index (χ0v) is 13.2. The number of phenolic OH excluding ortho intramolecular Hbond substituents is 1. The molecule has 0 amide bonds. The van der Waals surface area contributed by atoms with E-state index in [1.165, 1.54) is 0 Å². The van der Waals surface area contributed by atoms with E-state index in [2.05, 4.69) is 15.9 Å². The fraction of sp³-hybridized carbons (Fsp3) is 0.0588. The number of benzene rings is 3. The van der Waals surface area contributed by atoms with Crippen molar-refractivity contribution in [2.75, 3.05) is 0 Å². The Morgan fingerprint density at radius 3 is 2.20 bits per heavy atom. The predicted octanol–water partition coefficient (Wildman–Crippen LogP) is 5.94. The second-order valence-electron chi connectivity index (χ2n) is 4.72. The Morgan fingerprint density at radius 1 is 0.950 bits per heavy atom. The Morgan fingerprint density at radius 2 is 1.55 bits per heavy atom. The van der Waals surface area contributed by atoms with Gasteiger partial charge in [0.15, 0.2) is 0 Å². The molecule has 1 nitrogen and oxygen atoms in total. The van der Waals surface area contributed by atoms with Crippen molar-refractivity contribution < 1.29 is 5.11 Å². The quantitative estimate of drug-likeness (QED) is 0.578. The van der Waals surface area contributed by atoms with Crippen LogP contribution in [-0.2, 0) is 0 Å². The Kier molecular flexibility index (Phi) is 3.45. The van der Waals surface area contributed by atoms with Gasteiger partial charge in [0.25, 0.3) is 0 Å². The van der Waals surface area contributed by atoms with Gasteiger partial charge < -0.3 is 5.11 Å². The molecule has 3 aromatic carbocycles. The smallest absolute Gasteiger partial charge is 0.127 e. The van der Waals surface area contributed by atoms with Gasteiger partial charge >= 0.3 is 0 Å². The third-order valence-electron chi connectivity index (χ3n) is 3.49. The molecule has 0 radical (unpaired) electrons. The fourth-order valence-electron chi connectivity index (χ4n) is 2.42. The topological polar surface area (TPSA) is 20.2 Å². The molecule has 3 aromatic rings. The zero-order valence-electron chi connectivity index (χ0n) is 10.8. The highest BCUT2D eigenvalue weighted by Gasteiger charge is 2.15. The van der Waals surface area contributed by atoms with E-state index in [0.717, 1.165) is 31.9 Å². The maximum absolute atomic E-state index is 10.3. The van der Waals surface area contributed by atoms with Crippen LogP contribution in [0, 0.1) is 6.92 Å². The van der Waals surface area contributed by atoms with Crippen LogP contribution in [0.15, 0.2) is 53.0 Å². The summed E-state index contributed by atoms with van der Waals surface area (Å²) in [7, 11) is 0. The third-order valence-corrected chi connectivity index (χ3v) is 4.73. The average molecular weight is 348 g/mol. The van der Waals surface area contributed by atoms with Crippen molar-refractivity contribution in [1.82, 2.24) is 0 Å². The first-order chi connectivity index (χ1) is 9.59. The summed E-state index contributed by atoms with van der Waals surface area (Å²) < 4.78 is 0.913. The van der Waals surface area contributed by atoms with Gasteiger partial charge in [-0.25, -0.2) is 0 Å². The van der Waals surface area contributed by atoms with Crippen LogP contribution in [-0.4, -0.2) is 5.11 Å². The highest BCUT2D eigenvalue weighted by molar-refractivity contribution is 9.10. The molecule has 0 bridgehead atoms. The molecule has 0 aliphatic heterocycles. The third kappa shape index (κ3) is 2.09. The van der Waals surface area contributed by atoms with Gasteiger partial charge in [-0.15, -0.1) is 0 Å². The number of aromatic hydroxyl groups is 1. The molecule has 0 unspecified atom stereocenters. The van der Waals surface area contributed by atoms with Crippen molar-refractivity contribution in [3.05, 3.63) is 63.6 Å². The lowest BCUT2D eigenvalue weighted by Gasteiger charge is -2.14. The molecule has 0 aliphatic rings. The number of fused-ring (bicyclic) bond motifs is 1. The van der Waals surface area contributed by atoms with Crippen LogP contribution in [0.1, 0.15) is 5.56 Å². The molecule has 0 spiro atoms. The molecular formula is C17H12BrClO. The molecule has 3 heteroatoms. The van der Waals surface area contributed by atoms with Crippen molar-refractivity contribution in [3.63, 3.8) is 0 Å². The predicted molar refractivity (Wildman–Crippen MR) is 88.5 cm³/mol. The monoisotopic (exact) mass is 346 g/mol. The minimum atomic E-state index is 0.324. The van der Waals surface area contributed by atoms with E-state index >= 15 is 0 Å². The minimum absolute atomic E-state index is 0.324. The first-order valence-electron chi connectivity index (χ1n) is 6.25. The van der Waals surface area contributed by atoms with Crippen LogP contribution >= 0.6 is 27.5 Å². The molecule has 3 rings (SSSR count). The van der Waals surface area contributed by atoms with E-state index in [1.807, 2.05) is 55.5 Å². The van der Waals surface area contributed by atoms with Crippen molar-refractivity contribution in [2.45, 2.75) is 6.92 Å². The Labute approximate surface area is 131 Å². The standard InChI is InChI=1S/C17H12BrClO/c1-10-16(18)15(11-6-8-12(19)9-7-11)13-4-2-3-5-14(13)17(10)20/h2-9,20H,1H3. The van der Waals surface area contributed by atoms with Crippen LogP contribution in [0.4, 0.5) is 0 Å². The zero-order chi connectivity index (χ0) is 14.3. The first-order valence-corrected chi connectivity index (χ1v) is 7.42. The van der Waals surface area contributed by atoms with Crippen LogP contribution in [0.5, 0.6) is 5.75 Å². The normalized spacial score (nSPS) is 10.9. The van der Waals surface area contributed by atoms with Crippen LogP contribution in [0.3, 0.4) is 0 Å². The Hall–Kier alpha value is -1.51. The summed E-state index contributed by atoms with van der Waals surface area (Å²) in [5.74, 6) is 0.324. The van der Waals surface area contributed by atoms with Crippen LogP contribution in [0.2, 0.25) is 5.02 Å². The number of phenols is 1. The lowest BCUT2D eigenvalue weighted by Crippen LogP contribution is -1.88. The molecule has 0 saturated heterocycles. The molecule has 0 atom stereocenters. The summed E-state index contributed by atoms with van der Waals surface area (Å²) in [6, 6.07) is 15.6. The largest absolute Gasteiger partial charge is 0.507 e. The summed E-state index contributed by atoms with van der Waals surface area (Å²) in [5, 5.41) is 12.9. The van der Waals surface area contributed by atoms with Crippen molar-refractivity contribution in [1.29, 1.82) is 0 Å². The summed E-state index contributed by atoms with van der Waals surface area (Å²) in [6.07, 6.45) is 0. The van der Waals surface area contributed by atoms with Crippen molar-refractivity contribution >= 4 is 38.3 Å². The molecular weight excluding hydrogens is 336 g/mol. The van der Waals surface area contributed by atoms with Gasteiger partial charge in [-0.05, 0) is 45.9 Å². The molecule has 20 heavy (non-hydrogen) atoms. The summed E-state index contributed by atoms with van der Waals surface area (Å²) in [4.78, 5) is 0. The van der Waals surface area contributed by atoms with Crippen LogP contribution < -0.4 is 0 Å². The van der Waals surface area contributed by atoms with Gasteiger partial charge in [0.1, 0.15) is 5.75 Å². The maximum atomic E-state index is 10.3. The van der Waals surface area contributed by atoms with E-state index in [9.17, 15) is 5.11 Å². The fourth-order valence-corrected chi connectivity index (χ4v) is 3.17. The average Bonchev–Trinajstić information content (AvgIpc) is 2.47. The Balaban J connectivity index is 2.43. The molecule has 100 valence electrons. The summed E-state index contributed by atoms with van der Waals surface area (Å²) in [6.45, 7) is 1.91. The molecule has 0 aromatic heterocycles. The van der Waals surface area contributed by atoms with Crippen molar-refractivity contribution in [3.8, 4) is 16.9 Å². The van der Waals surface area contributed by atoms with E-state index in [1.54, 1.807) is 0 Å². The van der Waals surface area contributed by atoms with Gasteiger partial charge in [-0.2, -0.15) is 0 Å². The van der Waals surface area contributed by atoms with Crippen LogP contribution in [0.25, 0.3) is 21.9 Å². The minimum Gasteiger partial charge on any atom is -0.507 e. The first kappa shape index (κ1) is 13.5. The molecule has 0 heterocycles. The van der Waals surface area contributed by atoms with E-state index < -0.39 is 0 Å². The van der Waals surface area contributed by atoms with Crippen molar-refractivity contribution in [2.24, 2.45) is 0 Å². The van der Waals surface area contributed by atoms with Gasteiger partial charge in [0.05, 0.1) is 0 Å². The van der Waals surface area contributed by atoms with Gasteiger partial charge in [0.2, 0.25) is 0 Å².